The van der Waals surface area contributed by atoms with Crippen molar-refractivity contribution in [3.8, 4) is 0 Å². The number of aromatic nitrogens is 3. The Morgan fingerprint density at radius 1 is 1.90 bits per heavy atom. The minimum absolute atomic E-state index is 0.160. The first kappa shape index (κ1) is 6.69. The number of nitrogens with zero attached hydrogens (tertiary/aromatic N) is 2. The fraction of sp³-hybridized carbons (Fsp3) is 0.250. The zero-order chi connectivity index (χ0) is 7.56. The van der Waals surface area contributed by atoms with Crippen molar-refractivity contribution >= 4 is 5.97 Å². The summed E-state index contributed by atoms with van der Waals surface area (Å²) >= 11 is 0. The third-order valence-corrected chi connectivity index (χ3v) is 0.996. The highest BCUT2D eigenvalue weighted by atomic mass is 16.4. The fourth-order valence-electron chi connectivity index (χ4n) is 0.484. The van der Waals surface area contributed by atoms with Gasteiger partial charge in [0.2, 0.25) is 0 Å². The van der Waals surface area contributed by atoms with Crippen molar-refractivity contribution in [2.45, 2.75) is 6.04 Å². The molecule has 0 aliphatic rings. The summed E-state index contributed by atoms with van der Waals surface area (Å²) in [6.07, 6.45) is 1.28. The van der Waals surface area contributed by atoms with Gasteiger partial charge >= 0.3 is 5.97 Å². The van der Waals surface area contributed by atoms with E-state index >= 15 is 0 Å². The summed E-state index contributed by atoms with van der Waals surface area (Å²) in [5.41, 5.74) is 5.15. The van der Waals surface area contributed by atoms with Crippen molar-refractivity contribution in [1.82, 2.24) is 15.2 Å². The molecule has 1 heterocycles. The molecule has 0 fully saturated rings. The lowest BCUT2D eigenvalue weighted by Gasteiger charge is -1.98. The average Bonchev–Trinajstić information content (AvgIpc) is 2.36. The van der Waals surface area contributed by atoms with Gasteiger partial charge in [0.25, 0.3) is 0 Å². The lowest BCUT2D eigenvalue weighted by atomic mass is 10.3. The van der Waals surface area contributed by atoms with E-state index in [-0.39, 0.29) is 5.82 Å². The maximum atomic E-state index is 10.2. The molecule has 4 N–H and O–H groups in total. The molecule has 0 saturated carbocycles. The van der Waals surface area contributed by atoms with Gasteiger partial charge in [-0.2, -0.15) is 0 Å². The monoisotopic (exact) mass is 142 g/mol. The Bertz CT molecular complexity index is 219. The predicted octanol–water partition coefficient (Wildman–Crippen LogP) is -1.11. The second-order valence-electron chi connectivity index (χ2n) is 1.69. The fourth-order valence-corrected chi connectivity index (χ4v) is 0.484. The Morgan fingerprint density at radius 2 is 2.60 bits per heavy atom. The molecular weight excluding hydrogens is 136 g/mol. The van der Waals surface area contributed by atoms with Gasteiger partial charge in [0.1, 0.15) is 6.33 Å². The third-order valence-electron chi connectivity index (χ3n) is 0.996. The SMILES string of the molecule is NC(C(=O)O)c1nnc[nH]1. The molecule has 1 atom stereocenters. The molecule has 0 spiro atoms. The van der Waals surface area contributed by atoms with Crippen molar-refractivity contribution in [3.05, 3.63) is 12.2 Å². The van der Waals surface area contributed by atoms with Gasteiger partial charge in [-0.15, -0.1) is 10.2 Å². The first-order valence-corrected chi connectivity index (χ1v) is 2.56. The first-order valence-electron chi connectivity index (χ1n) is 2.56. The van der Waals surface area contributed by atoms with Gasteiger partial charge < -0.3 is 15.8 Å². The minimum Gasteiger partial charge on any atom is -0.480 e. The molecule has 6 nitrogen and oxygen atoms in total. The number of aromatic amines is 1. The normalized spacial score (nSPS) is 12.9. The van der Waals surface area contributed by atoms with Crippen molar-refractivity contribution in [3.63, 3.8) is 0 Å². The second-order valence-corrected chi connectivity index (χ2v) is 1.69. The van der Waals surface area contributed by atoms with E-state index < -0.39 is 12.0 Å². The second kappa shape index (κ2) is 2.44. The molecule has 0 bridgehead atoms. The summed E-state index contributed by atoms with van der Waals surface area (Å²) in [5, 5.41) is 15.1. The topological polar surface area (TPSA) is 105 Å². The molecule has 6 heteroatoms. The van der Waals surface area contributed by atoms with E-state index in [1.54, 1.807) is 0 Å². The van der Waals surface area contributed by atoms with Crippen LogP contribution in [-0.4, -0.2) is 26.3 Å². The minimum atomic E-state index is -1.13. The van der Waals surface area contributed by atoms with E-state index in [1.165, 1.54) is 6.33 Å². The van der Waals surface area contributed by atoms with Crippen LogP contribution in [0.4, 0.5) is 0 Å². The number of hydrogen-bond acceptors (Lipinski definition) is 4. The standard InChI is InChI=1S/C4H6N4O2/c5-2(4(9)10)3-6-1-7-8-3/h1-2H,5H2,(H,9,10)(H,6,7,8). The van der Waals surface area contributed by atoms with Crippen LogP contribution in [0.2, 0.25) is 0 Å². The van der Waals surface area contributed by atoms with Crippen LogP contribution in [0.1, 0.15) is 11.9 Å². The van der Waals surface area contributed by atoms with Gasteiger partial charge in [-0.25, -0.2) is 0 Å². The van der Waals surface area contributed by atoms with Crippen LogP contribution < -0.4 is 5.73 Å². The summed E-state index contributed by atoms with van der Waals surface area (Å²) in [7, 11) is 0. The highest BCUT2D eigenvalue weighted by molar-refractivity contribution is 5.73. The third kappa shape index (κ3) is 1.11. The first-order chi connectivity index (χ1) is 4.72. The molecular formula is C4H6N4O2. The van der Waals surface area contributed by atoms with Gasteiger partial charge in [-0.05, 0) is 0 Å². The van der Waals surface area contributed by atoms with Crippen LogP contribution >= 0.6 is 0 Å². The smallest absolute Gasteiger partial charge is 0.328 e. The number of carboxylic acids is 1. The van der Waals surface area contributed by atoms with E-state index in [9.17, 15) is 4.79 Å². The number of carbonyl (C=O) groups is 1. The summed E-state index contributed by atoms with van der Waals surface area (Å²) in [5.74, 6) is -0.968. The molecule has 0 saturated heterocycles. The Morgan fingerprint density at radius 3 is 3.00 bits per heavy atom. The number of hydrogen-bond donors (Lipinski definition) is 3. The van der Waals surface area contributed by atoms with E-state index in [0.29, 0.717) is 0 Å². The number of aliphatic carboxylic acids is 1. The molecule has 1 aromatic heterocycles. The summed E-state index contributed by atoms with van der Waals surface area (Å²) in [6.45, 7) is 0. The van der Waals surface area contributed by atoms with Gasteiger partial charge in [-0.3, -0.25) is 4.79 Å². The van der Waals surface area contributed by atoms with E-state index in [4.69, 9.17) is 10.8 Å². The Kier molecular flexibility index (Phi) is 1.63. The molecule has 1 unspecified atom stereocenters. The molecule has 0 aromatic carbocycles. The number of H-pyrrole nitrogens is 1. The maximum Gasteiger partial charge on any atom is 0.328 e. The lowest BCUT2D eigenvalue weighted by molar-refractivity contribution is -0.138. The van der Waals surface area contributed by atoms with Gasteiger partial charge in [0, 0.05) is 0 Å². The Balaban J connectivity index is 2.77. The molecule has 0 amide bonds. The molecule has 1 rings (SSSR count). The Labute approximate surface area is 56.1 Å². The molecule has 1 aromatic rings. The van der Waals surface area contributed by atoms with Crippen molar-refractivity contribution in [2.75, 3.05) is 0 Å². The van der Waals surface area contributed by atoms with E-state index in [1.807, 2.05) is 0 Å². The largest absolute Gasteiger partial charge is 0.480 e. The molecule has 54 valence electrons. The molecule has 0 aliphatic heterocycles. The number of nitrogens with two attached hydrogens (primary N) is 1. The van der Waals surface area contributed by atoms with Gasteiger partial charge in [0.05, 0.1) is 0 Å². The van der Waals surface area contributed by atoms with E-state index in [2.05, 4.69) is 15.2 Å². The van der Waals surface area contributed by atoms with Crippen LogP contribution in [-0.2, 0) is 4.79 Å². The summed E-state index contributed by atoms with van der Waals surface area (Å²) in [4.78, 5) is 12.7. The Hall–Kier alpha value is -1.43. The molecule has 0 radical (unpaired) electrons. The average molecular weight is 142 g/mol. The predicted molar refractivity (Wildman–Crippen MR) is 30.9 cm³/mol. The van der Waals surface area contributed by atoms with Crippen molar-refractivity contribution < 1.29 is 9.90 Å². The van der Waals surface area contributed by atoms with Crippen LogP contribution in [0.5, 0.6) is 0 Å². The number of carboxylic acid groups (broad SMARTS) is 1. The highest BCUT2D eigenvalue weighted by Gasteiger charge is 2.16. The van der Waals surface area contributed by atoms with Crippen LogP contribution in [0, 0.1) is 0 Å². The van der Waals surface area contributed by atoms with Crippen molar-refractivity contribution in [1.29, 1.82) is 0 Å². The number of rotatable bonds is 2. The molecule has 0 aliphatic carbocycles. The van der Waals surface area contributed by atoms with Crippen LogP contribution in [0.25, 0.3) is 0 Å². The van der Waals surface area contributed by atoms with Crippen molar-refractivity contribution in [2.24, 2.45) is 5.73 Å². The summed E-state index contributed by atoms with van der Waals surface area (Å²) in [6, 6.07) is -1.11. The lowest BCUT2D eigenvalue weighted by Crippen LogP contribution is -2.21. The van der Waals surface area contributed by atoms with Gasteiger partial charge in [0.15, 0.2) is 11.9 Å². The zero-order valence-electron chi connectivity index (χ0n) is 4.98. The zero-order valence-corrected chi connectivity index (χ0v) is 4.98. The maximum absolute atomic E-state index is 10.2. The highest BCUT2D eigenvalue weighted by Crippen LogP contribution is 1.99. The van der Waals surface area contributed by atoms with Crippen LogP contribution in [0.15, 0.2) is 6.33 Å². The van der Waals surface area contributed by atoms with Crippen LogP contribution in [0.3, 0.4) is 0 Å². The quantitative estimate of drug-likeness (QED) is 0.485. The number of nitrogens with one attached hydrogen (secondary N) is 1. The van der Waals surface area contributed by atoms with E-state index in [0.717, 1.165) is 0 Å². The summed E-state index contributed by atoms with van der Waals surface area (Å²) < 4.78 is 0. The van der Waals surface area contributed by atoms with Gasteiger partial charge in [-0.1, -0.05) is 0 Å². The molecule has 10 heavy (non-hydrogen) atoms.